The number of fused-ring (bicyclic) bond motifs is 3. The molecule has 0 radical (unpaired) electrons. The molecule has 3 aliphatic rings. The van der Waals surface area contributed by atoms with Crippen molar-refractivity contribution in [2.75, 3.05) is 57.7 Å². The molecule has 2 atom stereocenters. The summed E-state index contributed by atoms with van der Waals surface area (Å²) in [7, 11) is 5.40. The van der Waals surface area contributed by atoms with E-state index in [2.05, 4.69) is 74.8 Å². The normalized spacial score (nSPS) is 22.6. The van der Waals surface area contributed by atoms with E-state index in [0.29, 0.717) is 11.5 Å². The van der Waals surface area contributed by atoms with Crippen LogP contribution >= 0.6 is 0 Å². The maximum atomic E-state index is 13.2. The smallest absolute Gasteiger partial charge is 0.235 e. The third-order valence-electron chi connectivity index (χ3n) is 8.62. The van der Waals surface area contributed by atoms with E-state index in [4.69, 9.17) is 9.47 Å². The first kappa shape index (κ1) is 23.1. The van der Waals surface area contributed by atoms with Crippen molar-refractivity contribution in [1.29, 1.82) is 0 Å². The van der Waals surface area contributed by atoms with Gasteiger partial charge < -0.3 is 24.6 Å². The Balaban J connectivity index is 1.16. The number of rotatable bonds is 5. The lowest BCUT2D eigenvalue weighted by Gasteiger charge is -2.34. The summed E-state index contributed by atoms with van der Waals surface area (Å²) < 4.78 is 11.0. The van der Waals surface area contributed by atoms with E-state index >= 15 is 0 Å². The number of piperazine rings is 1. The second-order valence-electron chi connectivity index (χ2n) is 10.6. The molecule has 8 nitrogen and oxygen atoms in total. The minimum atomic E-state index is -0.565. The van der Waals surface area contributed by atoms with Gasteiger partial charge in [-0.1, -0.05) is 24.3 Å². The number of nitrogens with one attached hydrogen (secondary N) is 2. The number of H-pyrrole nitrogens is 1. The zero-order valence-electron chi connectivity index (χ0n) is 21.9. The van der Waals surface area contributed by atoms with Crippen molar-refractivity contribution >= 4 is 28.2 Å². The first-order valence-electron chi connectivity index (χ1n) is 13.1. The molecule has 2 fully saturated rings. The van der Waals surface area contributed by atoms with E-state index in [1.54, 1.807) is 14.2 Å². The molecule has 3 aromatic carbocycles. The van der Waals surface area contributed by atoms with Gasteiger partial charge in [-0.3, -0.25) is 9.89 Å². The molecule has 38 heavy (non-hydrogen) atoms. The summed E-state index contributed by atoms with van der Waals surface area (Å²) in [5.41, 5.74) is 6.63. The number of anilines is 2. The van der Waals surface area contributed by atoms with Gasteiger partial charge in [0, 0.05) is 60.5 Å². The van der Waals surface area contributed by atoms with Gasteiger partial charge in [-0.15, -0.1) is 0 Å². The molecule has 7 rings (SSSR count). The minimum Gasteiger partial charge on any atom is -0.493 e. The highest BCUT2D eigenvalue weighted by Gasteiger charge is 2.65. The molecule has 1 saturated heterocycles. The van der Waals surface area contributed by atoms with Crippen molar-refractivity contribution in [1.82, 2.24) is 15.1 Å². The predicted molar refractivity (Wildman–Crippen MR) is 148 cm³/mol. The molecule has 1 amide bonds. The predicted octanol–water partition coefficient (Wildman–Crippen LogP) is 4.38. The third kappa shape index (κ3) is 3.40. The van der Waals surface area contributed by atoms with Crippen LogP contribution in [-0.2, 0) is 10.2 Å². The van der Waals surface area contributed by atoms with Crippen LogP contribution in [0, 0.1) is 0 Å². The number of likely N-dealkylation sites (N-methyl/N-ethyl adjacent to an activating group) is 1. The van der Waals surface area contributed by atoms with Gasteiger partial charge in [-0.25, -0.2) is 0 Å². The molecule has 4 aromatic rings. The van der Waals surface area contributed by atoms with Crippen LogP contribution < -0.4 is 19.7 Å². The molecule has 2 aliphatic heterocycles. The zero-order valence-corrected chi connectivity index (χ0v) is 21.9. The third-order valence-corrected chi connectivity index (χ3v) is 8.62. The lowest BCUT2D eigenvalue weighted by atomic mass is 9.91. The maximum Gasteiger partial charge on any atom is 0.235 e. The Bertz CT molecular complexity index is 1550. The number of nitrogens with zero attached hydrogens (tertiary/aromatic N) is 3. The van der Waals surface area contributed by atoms with Crippen molar-refractivity contribution in [3.63, 3.8) is 0 Å². The monoisotopic (exact) mass is 509 g/mol. The van der Waals surface area contributed by atoms with Crippen molar-refractivity contribution in [2.24, 2.45) is 0 Å². The first-order valence-corrected chi connectivity index (χ1v) is 13.1. The summed E-state index contributed by atoms with van der Waals surface area (Å²) in [6.45, 7) is 4.28. The number of amides is 1. The molecule has 1 saturated carbocycles. The quantitative estimate of drug-likeness (QED) is 0.416. The molecule has 2 unspecified atom stereocenters. The van der Waals surface area contributed by atoms with Crippen molar-refractivity contribution in [3.05, 3.63) is 65.7 Å². The number of carbonyl (C=O) groups is 1. The number of ether oxygens (including phenoxy) is 2. The molecule has 8 heteroatoms. The highest BCUT2D eigenvalue weighted by molar-refractivity contribution is 6.10. The van der Waals surface area contributed by atoms with Gasteiger partial charge in [-0.05, 0) is 48.9 Å². The first-order chi connectivity index (χ1) is 18.5. The summed E-state index contributed by atoms with van der Waals surface area (Å²) in [5.74, 6) is 1.39. The Morgan fingerprint density at radius 2 is 1.68 bits per heavy atom. The van der Waals surface area contributed by atoms with Crippen LogP contribution in [0.4, 0.5) is 11.4 Å². The summed E-state index contributed by atoms with van der Waals surface area (Å²) in [4.78, 5) is 18.0. The van der Waals surface area contributed by atoms with Crippen LogP contribution in [0.5, 0.6) is 11.5 Å². The lowest BCUT2D eigenvalue weighted by Crippen LogP contribution is -2.44. The minimum absolute atomic E-state index is 0.0404. The number of aromatic amines is 1. The van der Waals surface area contributed by atoms with Crippen LogP contribution in [0.15, 0.2) is 54.6 Å². The van der Waals surface area contributed by atoms with Gasteiger partial charge >= 0.3 is 0 Å². The number of carbonyl (C=O) groups excluding carboxylic acids is 1. The second-order valence-corrected chi connectivity index (χ2v) is 10.6. The molecule has 3 heterocycles. The Hall–Kier alpha value is -4.04. The van der Waals surface area contributed by atoms with Crippen LogP contribution in [0.1, 0.15) is 23.5 Å². The molecule has 0 bridgehead atoms. The Morgan fingerprint density at radius 1 is 0.947 bits per heavy atom. The maximum absolute atomic E-state index is 13.2. The van der Waals surface area contributed by atoms with Crippen LogP contribution in [-0.4, -0.2) is 68.5 Å². The molecule has 1 aromatic heterocycles. The fourth-order valence-electron chi connectivity index (χ4n) is 6.29. The molecule has 1 aliphatic carbocycles. The second kappa shape index (κ2) is 8.49. The summed E-state index contributed by atoms with van der Waals surface area (Å²) in [5, 5.41) is 12.0. The van der Waals surface area contributed by atoms with Gasteiger partial charge in [0.25, 0.3) is 0 Å². The van der Waals surface area contributed by atoms with Crippen LogP contribution in [0.25, 0.3) is 22.2 Å². The standard InChI is InChI=1S/C30H31N5O3/c1-34-10-12-35(13-11-34)20-7-4-18(5-8-20)28-21-9-6-19(14-24(21)32-33-28)23-17-30(23)22-15-26(37-2)27(38-3)16-25(22)31-29(30)36/h4-9,14-16,23H,10-13,17H2,1-3H3,(H,31,36)(H,32,33). The number of benzene rings is 3. The van der Waals surface area contributed by atoms with Crippen LogP contribution in [0.3, 0.4) is 0 Å². The van der Waals surface area contributed by atoms with Crippen LogP contribution in [0.2, 0.25) is 0 Å². The molecule has 1 spiro atoms. The average Bonchev–Trinajstić information content (AvgIpc) is 3.47. The zero-order chi connectivity index (χ0) is 26.0. The number of methoxy groups -OCH3 is 2. The summed E-state index contributed by atoms with van der Waals surface area (Å²) in [6, 6.07) is 18.9. The number of hydrogen-bond donors (Lipinski definition) is 2. The van der Waals surface area contributed by atoms with Gasteiger partial charge in [-0.2, -0.15) is 5.10 Å². The van der Waals surface area contributed by atoms with E-state index in [1.807, 2.05) is 12.1 Å². The van der Waals surface area contributed by atoms with Crippen molar-refractivity contribution in [3.8, 4) is 22.8 Å². The Morgan fingerprint density at radius 3 is 2.42 bits per heavy atom. The van der Waals surface area contributed by atoms with Gasteiger partial charge in [0.15, 0.2) is 11.5 Å². The highest BCUT2D eigenvalue weighted by atomic mass is 16.5. The molecular weight excluding hydrogens is 478 g/mol. The largest absolute Gasteiger partial charge is 0.493 e. The number of hydrogen-bond acceptors (Lipinski definition) is 6. The molecule has 194 valence electrons. The summed E-state index contributed by atoms with van der Waals surface area (Å²) >= 11 is 0. The van der Waals surface area contributed by atoms with E-state index in [-0.39, 0.29) is 11.8 Å². The van der Waals surface area contributed by atoms with Crippen molar-refractivity contribution < 1.29 is 14.3 Å². The summed E-state index contributed by atoms with van der Waals surface area (Å²) in [6.07, 6.45) is 0.765. The van der Waals surface area contributed by atoms with E-state index in [9.17, 15) is 4.79 Å². The number of aromatic nitrogens is 2. The van der Waals surface area contributed by atoms with E-state index < -0.39 is 5.41 Å². The van der Waals surface area contributed by atoms with Gasteiger partial charge in [0.2, 0.25) is 5.91 Å². The Kier molecular flexibility index (Phi) is 5.16. The van der Waals surface area contributed by atoms with E-state index in [0.717, 1.165) is 71.6 Å². The lowest BCUT2D eigenvalue weighted by molar-refractivity contribution is -0.118. The van der Waals surface area contributed by atoms with Gasteiger partial charge in [0.1, 0.15) is 0 Å². The fraction of sp³-hybridized carbons (Fsp3) is 0.333. The fourth-order valence-corrected chi connectivity index (χ4v) is 6.29. The Labute approximate surface area is 221 Å². The average molecular weight is 510 g/mol. The van der Waals surface area contributed by atoms with Gasteiger partial charge in [0.05, 0.1) is 30.8 Å². The topological polar surface area (TPSA) is 82.7 Å². The molecular formula is C30H31N5O3. The van der Waals surface area contributed by atoms with E-state index in [1.165, 1.54) is 5.69 Å². The SMILES string of the molecule is COc1cc2c(cc1OC)C1(CC1c1ccc3c(-c4ccc(N5CCN(C)CC5)cc4)n[nH]c3c1)C(=O)N2. The highest BCUT2D eigenvalue weighted by Crippen LogP contribution is 2.66. The molecule has 2 N–H and O–H groups in total. The van der Waals surface area contributed by atoms with Crippen molar-refractivity contribution in [2.45, 2.75) is 17.8 Å².